The first-order valence-corrected chi connectivity index (χ1v) is 13.2. The van der Waals surface area contributed by atoms with Crippen LogP contribution in [0.15, 0.2) is 83.8 Å². The van der Waals surface area contributed by atoms with Gasteiger partial charge in [-0.25, -0.2) is 8.42 Å². The fraction of sp³-hybridized carbons (Fsp3) is 0.286. The van der Waals surface area contributed by atoms with Crippen LogP contribution in [0.3, 0.4) is 0 Å². The second kappa shape index (κ2) is 8.84. The summed E-state index contributed by atoms with van der Waals surface area (Å²) in [6, 6.07) is 21.3. The summed E-state index contributed by atoms with van der Waals surface area (Å²) in [5, 5.41) is 3.69. The number of sulfonamides is 1. The van der Waals surface area contributed by atoms with Crippen molar-refractivity contribution in [2.45, 2.75) is 50.2 Å². The van der Waals surface area contributed by atoms with Crippen LogP contribution >= 0.6 is 0 Å². The van der Waals surface area contributed by atoms with Gasteiger partial charge in [-0.3, -0.25) is 4.72 Å². The second-order valence-corrected chi connectivity index (χ2v) is 11.1. The maximum absolute atomic E-state index is 13.2. The highest BCUT2D eigenvalue weighted by Crippen LogP contribution is 2.50. The van der Waals surface area contributed by atoms with Gasteiger partial charge in [-0.1, -0.05) is 42.5 Å². The molecule has 0 spiro atoms. The molecule has 6 heteroatoms. The van der Waals surface area contributed by atoms with Crippen molar-refractivity contribution in [2.75, 3.05) is 10.0 Å². The third-order valence-electron chi connectivity index (χ3n) is 6.64. The predicted molar refractivity (Wildman–Crippen MR) is 137 cm³/mol. The van der Waals surface area contributed by atoms with Crippen molar-refractivity contribution < 1.29 is 13.2 Å². The van der Waals surface area contributed by atoms with E-state index in [1.54, 1.807) is 12.1 Å². The number of hydrogen-bond acceptors (Lipinski definition) is 4. The smallest absolute Gasteiger partial charge is 0.261 e. The number of nitrogens with one attached hydrogen (secondary N) is 2. The largest absolute Gasteiger partial charge is 0.491 e. The average Bonchev–Trinajstić information content (AvgIpc) is 3.30. The standard InChI is InChI=1S/C28H30N2O3S/c1-18(2)33-21-13-11-20(12-14-21)28-24-9-6-8-23(24)25-17-22(15-16-27(25)29-28)34(31,32)30-26-10-5-4-7-19(26)3/h4-8,10-18,23-24,28-30H,9H2,1-3H3/t23-,24+,28+/m0/s1. The first-order valence-electron chi connectivity index (χ1n) is 11.7. The minimum absolute atomic E-state index is 0.139. The van der Waals surface area contributed by atoms with E-state index in [9.17, 15) is 8.42 Å². The van der Waals surface area contributed by atoms with E-state index in [0.29, 0.717) is 11.6 Å². The average molecular weight is 475 g/mol. The molecule has 0 aromatic heterocycles. The number of para-hydroxylation sites is 1. The van der Waals surface area contributed by atoms with Crippen LogP contribution in [0, 0.1) is 12.8 Å². The van der Waals surface area contributed by atoms with Crippen molar-refractivity contribution >= 4 is 21.4 Å². The molecule has 0 radical (unpaired) electrons. The number of rotatable bonds is 6. The van der Waals surface area contributed by atoms with Crippen LogP contribution in [0.4, 0.5) is 11.4 Å². The first-order chi connectivity index (χ1) is 16.3. The number of anilines is 2. The zero-order chi connectivity index (χ0) is 23.9. The third kappa shape index (κ3) is 4.30. The number of aryl methyl sites for hydroxylation is 1. The molecule has 0 amide bonds. The van der Waals surface area contributed by atoms with Gasteiger partial charge in [0.2, 0.25) is 0 Å². The summed E-state index contributed by atoms with van der Waals surface area (Å²) >= 11 is 0. The minimum atomic E-state index is -3.69. The number of allylic oxidation sites excluding steroid dienone is 2. The van der Waals surface area contributed by atoms with E-state index in [2.05, 4.69) is 34.3 Å². The molecular weight excluding hydrogens is 444 g/mol. The lowest BCUT2D eigenvalue weighted by Crippen LogP contribution is -2.29. The number of fused-ring (bicyclic) bond motifs is 3. The maximum Gasteiger partial charge on any atom is 0.261 e. The molecule has 3 aromatic rings. The Hall–Kier alpha value is -3.25. The van der Waals surface area contributed by atoms with Gasteiger partial charge in [0.1, 0.15) is 5.75 Å². The van der Waals surface area contributed by atoms with Crippen molar-refractivity contribution in [3.05, 3.63) is 95.6 Å². The summed E-state index contributed by atoms with van der Waals surface area (Å²) < 4.78 is 34.9. The molecule has 1 heterocycles. The van der Waals surface area contributed by atoms with E-state index >= 15 is 0 Å². The molecule has 0 bridgehead atoms. The van der Waals surface area contributed by atoms with Crippen molar-refractivity contribution in [1.82, 2.24) is 0 Å². The second-order valence-electron chi connectivity index (χ2n) is 9.38. The van der Waals surface area contributed by atoms with Gasteiger partial charge in [-0.2, -0.15) is 0 Å². The molecule has 2 aliphatic rings. The molecule has 3 aromatic carbocycles. The van der Waals surface area contributed by atoms with E-state index < -0.39 is 10.0 Å². The van der Waals surface area contributed by atoms with Crippen molar-refractivity contribution in [2.24, 2.45) is 5.92 Å². The van der Waals surface area contributed by atoms with Gasteiger partial charge in [0.15, 0.2) is 0 Å². The Bertz CT molecular complexity index is 1330. The van der Waals surface area contributed by atoms with Crippen LogP contribution in [0.2, 0.25) is 0 Å². The van der Waals surface area contributed by atoms with Crippen LogP contribution in [0.1, 0.15) is 48.9 Å². The van der Waals surface area contributed by atoms with E-state index in [1.165, 1.54) is 5.56 Å². The van der Waals surface area contributed by atoms with E-state index in [0.717, 1.165) is 29.0 Å². The van der Waals surface area contributed by atoms with E-state index in [4.69, 9.17) is 4.74 Å². The quantitative estimate of drug-likeness (QED) is 0.405. The van der Waals surface area contributed by atoms with Crippen molar-refractivity contribution in [3.63, 3.8) is 0 Å². The molecule has 176 valence electrons. The lowest BCUT2D eigenvalue weighted by molar-refractivity contribution is 0.242. The van der Waals surface area contributed by atoms with Gasteiger partial charge in [0.25, 0.3) is 10.0 Å². The first kappa shape index (κ1) is 22.5. The number of benzene rings is 3. The Labute approximate surface area is 201 Å². The van der Waals surface area contributed by atoms with Gasteiger partial charge in [0.05, 0.1) is 22.7 Å². The molecule has 5 rings (SSSR count). The zero-order valence-corrected chi connectivity index (χ0v) is 20.5. The van der Waals surface area contributed by atoms with Crippen LogP contribution in [0.5, 0.6) is 5.75 Å². The molecule has 1 aliphatic carbocycles. The lowest BCUT2D eigenvalue weighted by atomic mass is 9.77. The summed E-state index contributed by atoms with van der Waals surface area (Å²) in [7, 11) is -3.69. The van der Waals surface area contributed by atoms with E-state index in [1.807, 2.05) is 63.2 Å². The summed E-state index contributed by atoms with van der Waals surface area (Å²) in [6.45, 7) is 5.94. The van der Waals surface area contributed by atoms with E-state index in [-0.39, 0.29) is 23.0 Å². The fourth-order valence-corrected chi connectivity index (χ4v) is 6.15. The van der Waals surface area contributed by atoms with Gasteiger partial charge < -0.3 is 10.1 Å². The van der Waals surface area contributed by atoms with Gasteiger partial charge in [-0.05, 0) is 86.2 Å². The number of hydrogen-bond donors (Lipinski definition) is 2. The highest BCUT2D eigenvalue weighted by Gasteiger charge is 2.38. The molecule has 0 fully saturated rings. The van der Waals surface area contributed by atoms with Crippen LogP contribution < -0.4 is 14.8 Å². The Morgan fingerprint density at radius 3 is 2.53 bits per heavy atom. The van der Waals surface area contributed by atoms with Gasteiger partial charge in [0, 0.05) is 11.6 Å². The highest BCUT2D eigenvalue weighted by atomic mass is 32.2. The lowest BCUT2D eigenvalue weighted by Gasteiger charge is -2.37. The van der Waals surface area contributed by atoms with Crippen LogP contribution in [0.25, 0.3) is 0 Å². The molecule has 0 saturated heterocycles. The number of ether oxygens (including phenoxy) is 1. The maximum atomic E-state index is 13.2. The third-order valence-corrected chi connectivity index (χ3v) is 8.01. The van der Waals surface area contributed by atoms with Crippen molar-refractivity contribution in [3.8, 4) is 5.75 Å². The highest BCUT2D eigenvalue weighted by molar-refractivity contribution is 7.92. The predicted octanol–water partition coefficient (Wildman–Crippen LogP) is 6.41. The normalized spacial score (nSPS) is 21.0. The van der Waals surface area contributed by atoms with Crippen LogP contribution in [-0.4, -0.2) is 14.5 Å². The summed E-state index contributed by atoms with van der Waals surface area (Å²) in [6.07, 6.45) is 5.52. The van der Waals surface area contributed by atoms with Gasteiger partial charge >= 0.3 is 0 Å². The molecular formula is C28H30N2O3S. The van der Waals surface area contributed by atoms with Crippen molar-refractivity contribution in [1.29, 1.82) is 0 Å². The topological polar surface area (TPSA) is 67.4 Å². The fourth-order valence-electron chi connectivity index (χ4n) is 4.99. The minimum Gasteiger partial charge on any atom is -0.491 e. The summed E-state index contributed by atoms with van der Waals surface area (Å²) in [5.41, 5.74) is 4.70. The molecule has 34 heavy (non-hydrogen) atoms. The Kier molecular flexibility index (Phi) is 5.86. The zero-order valence-electron chi connectivity index (χ0n) is 19.7. The SMILES string of the molecule is Cc1ccccc1NS(=O)(=O)c1ccc2c(c1)[C@H]1C=CC[C@H]1[C@@H](c1ccc(OC(C)C)cc1)N2. The molecule has 0 saturated carbocycles. The summed E-state index contributed by atoms with van der Waals surface area (Å²) in [4.78, 5) is 0.281. The summed E-state index contributed by atoms with van der Waals surface area (Å²) in [5.74, 6) is 1.36. The Morgan fingerprint density at radius 1 is 1.03 bits per heavy atom. The molecule has 3 atom stereocenters. The monoisotopic (exact) mass is 474 g/mol. The Balaban J connectivity index is 1.44. The van der Waals surface area contributed by atoms with Crippen LogP contribution in [-0.2, 0) is 10.0 Å². The molecule has 1 aliphatic heterocycles. The molecule has 0 unspecified atom stereocenters. The molecule has 2 N–H and O–H groups in total. The van der Waals surface area contributed by atoms with Gasteiger partial charge in [-0.15, -0.1) is 0 Å². The molecule has 5 nitrogen and oxygen atoms in total. The Morgan fingerprint density at radius 2 is 1.79 bits per heavy atom.